The van der Waals surface area contributed by atoms with Gasteiger partial charge < -0.3 is 9.32 Å². The highest BCUT2D eigenvalue weighted by atomic mass is 35.5. The first-order valence-corrected chi connectivity index (χ1v) is 10.3. The predicted molar refractivity (Wildman–Crippen MR) is 109 cm³/mol. The summed E-state index contributed by atoms with van der Waals surface area (Å²) in [5, 5.41) is 2.22. The molecule has 1 aliphatic heterocycles. The lowest BCUT2D eigenvalue weighted by atomic mass is 10.1. The van der Waals surface area contributed by atoms with Crippen molar-refractivity contribution in [3.05, 3.63) is 65.4 Å². The van der Waals surface area contributed by atoms with Gasteiger partial charge in [-0.1, -0.05) is 23.7 Å². The number of carbonyl (C=O) groups excluding carboxylic acids is 1. The van der Waals surface area contributed by atoms with E-state index in [9.17, 15) is 13.2 Å². The number of hydrogen-bond donors (Lipinski definition) is 1. The average Bonchev–Trinajstić information content (AvgIpc) is 3.26. The Morgan fingerprint density at radius 1 is 1.04 bits per heavy atom. The van der Waals surface area contributed by atoms with Crippen molar-refractivity contribution in [1.82, 2.24) is 0 Å². The number of benzene rings is 3. The molecule has 4 aromatic rings. The van der Waals surface area contributed by atoms with Crippen LogP contribution in [0.15, 0.2) is 64.1 Å². The van der Waals surface area contributed by atoms with Crippen LogP contribution in [0.4, 0.5) is 11.4 Å². The zero-order valence-electron chi connectivity index (χ0n) is 14.6. The van der Waals surface area contributed by atoms with Crippen LogP contribution in [0.5, 0.6) is 0 Å². The maximum absolute atomic E-state index is 13.2. The maximum atomic E-state index is 13.2. The van der Waals surface area contributed by atoms with Crippen LogP contribution >= 0.6 is 11.6 Å². The van der Waals surface area contributed by atoms with E-state index in [2.05, 4.69) is 4.72 Å². The number of nitrogens with zero attached hydrogens (tertiary/aromatic N) is 1. The Bertz CT molecular complexity index is 1410. The maximum Gasteiger partial charge on any atom is 0.262 e. The summed E-state index contributed by atoms with van der Waals surface area (Å²) in [6.45, 7) is 0. The fraction of sp³-hybridized carbons (Fsp3) is 0.0500. The summed E-state index contributed by atoms with van der Waals surface area (Å²) >= 11 is 6.13. The second kappa shape index (κ2) is 5.73. The lowest BCUT2D eigenvalue weighted by Gasteiger charge is -2.13. The second-order valence-electron chi connectivity index (χ2n) is 6.54. The highest BCUT2D eigenvalue weighted by Gasteiger charge is 2.30. The zero-order chi connectivity index (χ0) is 19.6. The van der Waals surface area contributed by atoms with Gasteiger partial charge in [0.2, 0.25) is 0 Å². The van der Waals surface area contributed by atoms with Crippen LogP contribution < -0.4 is 9.62 Å². The molecule has 0 radical (unpaired) electrons. The number of carbonyl (C=O) groups is 1. The molecule has 5 rings (SSSR count). The van der Waals surface area contributed by atoms with Gasteiger partial charge in [0, 0.05) is 28.8 Å². The number of hydrogen-bond acceptors (Lipinski definition) is 4. The van der Waals surface area contributed by atoms with Gasteiger partial charge in [-0.3, -0.25) is 9.52 Å². The van der Waals surface area contributed by atoms with E-state index < -0.39 is 10.0 Å². The number of nitrogens with one attached hydrogen (secondary N) is 1. The Labute approximate surface area is 165 Å². The van der Waals surface area contributed by atoms with Gasteiger partial charge in [0.1, 0.15) is 0 Å². The Morgan fingerprint density at radius 2 is 1.86 bits per heavy atom. The largest absolute Gasteiger partial charge is 0.462 e. The SMILES string of the molecule is CN1C(=O)c2cccc3c(S(=O)(=O)Nc4ccc(Cl)c5ccoc45)ccc1c23. The third kappa shape index (κ3) is 2.26. The minimum atomic E-state index is -3.95. The molecule has 0 bridgehead atoms. The second-order valence-corrected chi connectivity index (χ2v) is 8.60. The molecule has 0 atom stereocenters. The molecule has 8 heteroatoms. The Kier molecular flexibility index (Phi) is 3.50. The smallest absolute Gasteiger partial charge is 0.262 e. The van der Waals surface area contributed by atoms with E-state index in [0.717, 1.165) is 0 Å². The highest BCUT2D eigenvalue weighted by Crippen LogP contribution is 2.40. The van der Waals surface area contributed by atoms with Gasteiger partial charge in [0.15, 0.2) is 5.58 Å². The van der Waals surface area contributed by atoms with Crippen LogP contribution in [-0.4, -0.2) is 21.4 Å². The summed E-state index contributed by atoms with van der Waals surface area (Å²) in [7, 11) is -2.27. The van der Waals surface area contributed by atoms with Crippen LogP contribution in [0.25, 0.3) is 21.7 Å². The van der Waals surface area contributed by atoms with Crippen molar-refractivity contribution in [3.8, 4) is 0 Å². The summed E-state index contributed by atoms with van der Waals surface area (Å²) in [6, 6.07) is 13.1. The van der Waals surface area contributed by atoms with Crippen LogP contribution in [0, 0.1) is 0 Å². The number of fused-ring (bicyclic) bond motifs is 1. The van der Waals surface area contributed by atoms with Gasteiger partial charge in [0.05, 0.1) is 27.6 Å². The zero-order valence-corrected chi connectivity index (χ0v) is 16.1. The standard InChI is InChI=1S/C20H13ClN2O4S/c1-23-16-7-8-17(12-3-2-4-13(18(12)16)20(23)24)28(25,26)22-15-6-5-14(21)11-9-10-27-19(11)15/h2-10,22H,1H3. The highest BCUT2D eigenvalue weighted by molar-refractivity contribution is 7.93. The minimum absolute atomic E-state index is 0.0888. The lowest BCUT2D eigenvalue weighted by molar-refractivity contribution is 0.0999. The van der Waals surface area contributed by atoms with Crippen LogP contribution in [0.3, 0.4) is 0 Å². The quantitative estimate of drug-likeness (QED) is 0.532. The number of sulfonamides is 1. The molecule has 1 aliphatic rings. The molecule has 2 heterocycles. The summed E-state index contributed by atoms with van der Waals surface area (Å²) in [5.41, 5.74) is 1.83. The summed E-state index contributed by atoms with van der Waals surface area (Å²) in [4.78, 5) is 14.0. The third-order valence-corrected chi connectivity index (χ3v) is 6.73. The predicted octanol–water partition coefficient (Wildman–Crippen LogP) is 4.63. The van der Waals surface area contributed by atoms with E-state index in [4.69, 9.17) is 16.0 Å². The summed E-state index contributed by atoms with van der Waals surface area (Å²) in [6.07, 6.45) is 1.45. The van der Waals surface area contributed by atoms with Crippen LogP contribution in [0.2, 0.25) is 5.02 Å². The molecule has 1 N–H and O–H groups in total. The Hall–Kier alpha value is -3.03. The first-order valence-electron chi connectivity index (χ1n) is 8.41. The molecule has 1 amide bonds. The number of furan rings is 1. The summed E-state index contributed by atoms with van der Waals surface area (Å²) < 4.78 is 34.4. The van der Waals surface area contributed by atoms with E-state index in [0.29, 0.717) is 43.7 Å². The van der Waals surface area contributed by atoms with Crippen molar-refractivity contribution in [2.75, 3.05) is 16.7 Å². The minimum Gasteiger partial charge on any atom is -0.462 e. The number of amides is 1. The first kappa shape index (κ1) is 17.1. The molecule has 0 aliphatic carbocycles. The molecule has 0 unspecified atom stereocenters. The van der Waals surface area contributed by atoms with Gasteiger partial charge in [-0.15, -0.1) is 0 Å². The first-order chi connectivity index (χ1) is 13.4. The molecule has 0 spiro atoms. The molecule has 0 saturated heterocycles. The van der Waals surface area contributed by atoms with Crippen molar-refractivity contribution in [1.29, 1.82) is 0 Å². The van der Waals surface area contributed by atoms with Gasteiger partial charge in [0.25, 0.3) is 15.9 Å². The van der Waals surface area contributed by atoms with Crippen molar-refractivity contribution < 1.29 is 17.6 Å². The number of halogens is 1. The summed E-state index contributed by atoms with van der Waals surface area (Å²) in [5.74, 6) is -0.155. The molecule has 6 nitrogen and oxygen atoms in total. The fourth-order valence-corrected chi connectivity index (χ4v) is 5.13. The lowest BCUT2D eigenvalue weighted by Crippen LogP contribution is -2.20. The topological polar surface area (TPSA) is 79.6 Å². The van der Waals surface area contributed by atoms with E-state index in [1.54, 1.807) is 49.5 Å². The van der Waals surface area contributed by atoms with Crippen molar-refractivity contribution in [2.24, 2.45) is 0 Å². The van der Waals surface area contributed by atoms with Crippen LogP contribution in [0.1, 0.15) is 10.4 Å². The molecule has 140 valence electrons. The third-order valence-electron chi connectivity index (χ3n) is 4.97. The number of rotatable bonds is 3. The molecular weight excluding hydrogens is 400 g/mol. The fourth-order valence-electron chi connectivity index (χ4n) is 3.65. The average molecular weight is 413 g/mol. The Morgan fingerprint density at radius 3 is 2.68 bits per heavy atom. The molecule has 28 heavy (non-hydrogen) atoms. The van der Waals surface area contributed by atoms with E-state index >= 15 is 0 Å². The van der Waals surface area contributed by atoms with E-state index in [1.807, 2.05) is 0 Å². The van der Waals surface area contributed by atoms with Crippen molar-refractivity contribution >= 4 is 60.6 Å². The molecule has 0 fully saturated rings. The van der Waals surface area contributed by atoms with Crippen molar-refractivity contribution in [2.45, 2.75) is 4.90 Å². The monoisotopic (exact) mass is 412 g/mol. The molecule has 0 saturated carbocycles. The normalized spacial score (nSPS) is 13.6. The van der Waals surface area contributed by atoms with Gasteiger partial charge >= 0.3 is 0 Å². The van der Waals surface area contributed by atoms with Crippen LogP contribution in [-0.2, 0) is 10.0 Å². The number of anilines is 2. The van der Waals surface area contributed by atoms with Gasteiger partial charge in [-0.2, -0.15) is 0 Å². The van der Waals surface area contributed by atoms with E-state index in [1.165, 1.54) is 17.2 Å². The van der Waals surface area contributed by atoms with Gasteiger partial charge in [-0.05, 0) is 36.4 Å². The van der Waals surface area contributed by atoms with E-state index in [-0.39, 0.29) is 10.8 Å². The molecular formula is C20H13ClN2O4S. The molecule has 3 aromatic carbocycles. The van der Waals surface area contributed by atoms with Gasteiger partial charge in [-0.25, -0.2) is 8.42 Å². The Balaban J connectivity index is 1.69. The van der Waals surface area contributed by atoms with Crippen molar-refractivity contribution in [3.63, 3.8) is 0 Å². The molecule has 1 aromatic heterocycles.